The van der Waals surface area contributed by atoms with Gasteiger partial charge in [0.25, 0.3) is 9.05 Å². The smallest absolute Gasteiger partial charge is 0.341 e. The maximum Gasteiger partial charge on any atom is 0.341 e. The summed E-state index contributed by atoms with van der Waals surface area (Å²) in [5.41, 5.74) is -0.798. The minimum atomic E-state index is -4.50. The second-order valence-electron chi connectivity index (χ2n) is 4.52. The predicted molar refractivity (Wildman–Crippen MR) is 69.1 cm³/mol. The number of ether oxygens (including phenoxy) is 1. The van der Waals surface area contributed by atoms with Crippen molar-refractivity contribution < 1.29 is 26.7 Å². The fourth-order valence-electron chi connectivity index (χ4n) is 1.36. The highest BCUT2D eigenvalue weighted by molar-refractivity contribution is 8.13. The minimum Gasteiger partial charge on any atom is -0.462 e. The third kappa shape index (κ3) is 4.42. The van der Waals surface area contributed by atoms with E-state index in [0.29, 0.717) is 18.6 Å². The van der Waals surface area contributed by atoms with Crippen LogP contribution in [0.15, 0.2) is 17.0 Å². The largest absolute Gasteiger partial charge is 0.462 e. The molecule has 0 aliphatic rings. The van der Waals surface area contributed by atoms with E-state index < -0.39 is 37.1 Å². The molecule has 0 amide bonds. The first-order valence-corrected chi connectivity index (χ1v) is 8.04. The molecule has 0 fully saturated rings. The van der Waals surface area contributed by atoms with E-state index in [-0.39, 0.29) is 12.5 Å². The summed E-state index contributed by atoms with van der Waals surface area (Å²) in [7, 11) is 0.475. The summed E-state index contributed by atoms with van der Waals surface area (Å²) in [5, 5.41) is 0. The summed E-state index contributed by atoms with van der Waals surface area (Å²) in [6.07, 6.45) is 0.545. The Morgan fingerprint density at radius 1 is 1.35 bits per heavy atom. The van der Waals surface area contributed by atoms with E-state index in [1.165, 1.54) is 0 Å². The molecule has 0 saturated heterocycles. The molecule has 4 nitrogen and oxygen atoms in total. The Morgan fingerprint density at radius 2 is 1.95 bits per heavy atom. The number of rotatable bonds is 5. The average molecular weight is 327 g/mol. The van der Waals surface area contributed by atoms with Crippen LogP contribution in [0.4, 0.5) is 8.78 Å². The van der Waals surface area contributed by atoms with Crippen LogP contribution < -0.4 is 0 Å². The van der Waals surface area contributed by atoms with Crippen LogP contribution in [0.2, 0.25) is 0 Å². The zero-order valence-electron chi connectivity index (χ0n) is 10.8. The van der Waals surface area contributed by atoms with Crippen molar-refractivity contribution in [3.05, 3.63) is 29.3 Å². The molecule has 0 aliphatic heterocycles. The lowest BCUT2D eigenvalue weighted by atomic mass is 10.1. The molecule has 0 atom stereocenters. The summed E-state index contributed by atoms with van der Waals surface area (Å²) in [6.45, 7) is 3.82. The van der Waals surface area contributed by atoms with Crippen molar-refractivity contribution in [1.82, 2.24) is 0 Å². The van der Waals surface area contributed by atoms with Crippen LogP contribution in [-0.2, 0) is 13.8 Å². The van der Waals surface area contributed by atoms with Gasteiger partial charge in [0, 0.05) is 10.7 Å². The van der Waals surface area contributed by atoms with Gasteiger partial charge in [0.05, 0.1) is 12.2 Å². The van der Waals surface area contributed by atoms with E-state index in [2.05, 4.69) is 0 Å². The highest BCUT2D eigenvalue weighted by Gasteiger charge is 2.25. The van der Waals surface area contributed by atoms with E-state index >= 15 is 0 Å². The molecular weight excluding hydrogens is 314 g/mol. The van der Waals surface area contributed by atoms with Crippen LogP contribution in [0.25, 0.3) is 0 Å². The van der Waals surface area contributed by atoms with E-state index in [4.69, 9.17) is 15.4 Å². The Balaban J connectivity index is 3.07. The standard InChI is InChI=1S/C12H13ClF2O4S/c1-7(2)3-4-19-12(16)9-5-8(14)6-10(11(9)15)20(13,17)18/h5-7H,3-4H2,1-2H3. The lowest BCUT2D eigenvalue weighted by Gasteiger charge is -2.09. The molecule has 0 aliphatic carbocycles. The predicted octanol–water partition coefficient (Wildman–Crippen LogP) is 3.10. The van der Waals surface area contributed by atoms with Crippen molar-refractivity contribution in [3.63, 3.8) is 0 Å². The summed E-state index contributed by atoms with van der Waals surface area (Å²) in [5.74, 6) is -3.39. The second-order valence-corrected chi connectivity index (χ2v) is 7.06. The van der Waals surface area contributed by atoms with Gasteiger partial charge >= 0.3 is 5.97 Å². The van der Waals surface area contributed by atoms with Gasteiger partial charge in [0.1, 0.15) is 10.7 Å². The molecule has 1 rings (SSSR count). The monoisotopic (exact) mass is 326 g/mol. The van der Waals surface area contributed by atoms with E-state index in [9.17, 15) is 22.0 Å². The van der Waals surface area contributed by atoms with Crippen LogP contribution in [-0.4, -0.2) is 21.0 Å². The van der Waals surface area contributed by atoms with Gasteiger partial charge in [-0.3, -0.25) is 0 Å². The van der Waals surface area contributed by atoms with Gasteiger partial charge in [-0.1, -0.05) is 13.8 Å². The number of hydrogen-bond donors (Lipinski definition) is 0. The Morgan fingerprint density at radius 3 is 2.45 bits per heavy atom. The number of hydrogen-bond acceptors (Lipinski definition) is 4. The van der Waals surface area contributed by atoms with Gasteiger partial charge in [-0.05, 0) is 24.5 Å². The van der Waals surface area contributed by atoms with Gasteiger partial charge in [-0.15, -0.1) is 0 Å². The number of esters is 1. The quantitative estimate of drug-likeness (QED) is 0.616. The molecule has 1 aromatic carbocycles. The Labute approximate surface area is 120 Å². The molecule has 20 heavy (non-hydrogen) atoms. The fourth-order valence-corrected chi connectivity index (χ4v) is 2.27. The molecule has 0 heterocycles. The SMILES string of the molecule is CC(C)CCOC(=O)c1cc(F)cc(S(=O)(=O)Cl)c1F. The Bertz CT molecular complexity index is 614. The van der Waals surface area contributed by atoms with Crippen LogP contribution in [0, 0.1) is 17.6 Å². The summed E-state index contributed by atoms with van der Waals surface area (Å²) < 4.78 is 54.0. The maximum absolute atomic E-state index is 13.9. The average Bonchev–Trinajstić information content (AvgIpc) is 2.29. The first kappa shape index (κ1) is 16.8. The second kappa shape index (κ2) is 6.49. The number of carbonyl (C=O) groups is 1. The molecule has 112 valence electrons. The lowest BCUT2D eigenvalue weighted by molar-refractivity contribution is 0.0481. The Hall–Kier alpha value is -1.21. The highest BCUT2D eigenvalue weighted by Crippen LogP contribution is 2.24. The van der Waals surface area contributed by atoms with E-state index in [0.717, 1.165) is 0 Å². The van der Waals surface area contributed by atoms with Crippen molar-refractivity contribution >= 4 is 25.7 Å². The summed E-state index contributed by atoms with van der Waals surface area (Å²) in [6, 6.07) is 0.973. The third-order valence-corrected chi connectivity index (χ3v) is 3.74. The van der Waals surface area contributed by atoms with Crippen molar-refractivity contribution in [1.29, 1.82) is 0 Å². The fraction of sp³-hybridized carbons (Fsp3) is 0.417. The van der Waals surface area contributed by atoms with Crippen LogP contribution in [0.3, 0.4) is 0 Å². The van der Waals surface area contributed by atoms with Gasteiger partial charge in [0.2, 0.25) is 0 Å². The van der Waals surface area contributed by atoms with Crippen LogP contribution in [0.5, 0.6) is 0 Å². The van der Waals surface area contributed by atoms with Crippen LogP contribution in [0.1, 0.15) is 30.6 Å². The Kier molecular flexibility index (Phi) is 5.47. The molecule has 0 aromatic heterocycles. The molecule has 0 radical (unpaired) electrons. The highest BCUT2D eigenvalue weighted by atomic mass is 35.7. The first-order chi connectivity index (χ1) is 9.12. The molecule has 0 bridgehead atoms. The summed E-state index contributed by atoms with van der Waals surface area (Å²) in [4.78, 5) is 10.5. The van der Waals surface area contributed by atoms with Crippen molar-refractivity contribution in [2.24, 2.45) is 5.92 Å². The van der Waals surface area contributed by atoms with E-state index in [1.54, 1.807) is 0 Å². The van der Waals surface area contributed by atoms with Gasteiger partial charge in [-0.2, -0.15) is 0 Å². The number of carbonyl (C=O) groups excluding carboxylic acids is 1. The molecular formula is C12H13ClF2O4S. The molecule has 0 unspecified atom stereocenters. The third-order valence-electron chi connectivity index (χ3n) is 2.41. The molecule has 1 aromatic rings. The number of halogens is 3. The molecule has 0 N–H and O–H groups in total. The summed E-state index contributed by atoms with van der Waals surface area (Å²) >= 11 is 0. The molecule has 0 spiro atoms. The lowest BCUT2D eigenvalue weighted by Crippen LogP contribution is -2.12. The topological polar surface area (TPSA) is 60.4 Å². The van der Waals surface area contributed by atoms with Crippen molar-refractivity contribution in [2.75, 3.05) is 6.61 Å². The van der Waals surface area contributed by atoms with Gasteiger partial charge < -0.3 is 4.74 Å². The van der Waals surface area contributed by atoms with Gasteiger partial charge in [-0.25, -0.2) is 22.0 Å². The normalized spacial score (nSPS) is 11.7. The van der Waals surface area contributed by atoms with Crippen LogP contribution >= 0.6 is 10.7 Å². The van der Waals surface area contributed by atoms with E-state index in [1.807, 2.05) is 13.8 Å². The van der Waals surface area contributed by atoms with Crippen molar-refractivity contribution in [2.45, 2.75) is 25.2 Å². The molecule has 8 heteroatoms. The number of benzene rings is 1. The van der Waals surface area contributed by atoms with Gasteiger partial charge in [0.15, 0.2) is 5.82 Å². The first-order valence-electron chi connectivity index (χ1n) is 5.73. The maximum atomic E-state index is 13.9. The molecule has 0 saturated carbocycles. The zero-order valence-corrected chi connectivity index (χ0v) is 12.4. The van der Waals surface area contributed by atoms with Crippen molar-refractivity contribution in [3.8, 4) is 0 Å². The zero-order chi connectivity index (χ0) is 15.5. The minimum absolute atomic E-state index is 0.0232.